The highest BCUT2D eigenvalue weighted by Crippen LogP contribution is 2.32. The lowest BCUT2D eigenvalue weighted by Gasteiger charge is -2.19. The van der Waals surface area contributed by atoms with Crippen molar-refractivity contribution < 1.29 is 80.8 Å². The predicted octanol–water partition coefficient (Wildman–Crippen LogP) is 17.0. The van der Waals surface area contributed by atoms with Gasteiger partial charge in [0.25, 0.3) is 0 Å². The number of esters is 1. The van der Waals surface area contributed by atoms with Gasteiger partial charge in [-0.3, -0.25) is 68.1 Å². The number of Topliss-reactive ketones (excluding diaryl/α,β-unsaturated/α-hetero) is 1. The molecule has 16 rings (SSSR count). The lowest BCUT2D eigenvalue weighted by atomic mass is 9.83. The van der Waals surface area contributed by atoms with Crippen molar-refractivity contribution in [2.24, 2.45) is 41.0 Å². The maximum absolute atomic E-state index is 12.1. The minimum absolute atomic E-state index is 0. The predicted molar refractivity (Wildman–Crippen MR) is 566 cm³/mol. The number of nitrogen functional groups attached to an aromatic ring is 2. The summed E-state index contributed by atoms with van der Waals surface area (Å²) in [7, 11) is 7.85. The van der Waals surface area contributed by atoms with Gasteiger partial charge in [0.1, 0.15) is 39.7 Å². The number of nitrogens with two attached hydrogens (primary N) is 3. The number of nitrogens with zero attached hydrogens (tertiary/aromatic N) is 17. The Hall–Kier alpha value is -16.7. The fraction of sp³-hybridized carbons (Fsp3) is 0.265. The molecule has 0 aliphatic rings. The number of aryl methyl sites for hydroxylation is 5. The van der Waals surface area contributed by atoms with Gasteiger partial charge in [0.15, 0.2) is 12.0 Å². The molecule has 10 heterocycles. The zero-order valence-corrected chi connectivity index (χ0v) is 87.0. The Morgan fingerprint density at radius 3 is 1.03 bits per heavy atom. The van der Waals surface area contributed by atoms with E-state index in [-0.39, 0.29) is 67.0 Å². The van der Waals surface area contributed by atoms with Crippen LogP contribution >= 0.6 is 44.3 Å². The molecular formula is C102H115BBr2ClN25O17. The van der Waals surface area contributed by atoms with Gasteiger partial charge in [-0.1, -0.05) is 179 Å². The Morgan fingerprint density at radius 2 is 0.730 bits per heavy atom. The number of nitriles is 2. The van der Waals surface area contributed by atoms with Gasteiger partial charge < -0.3 is 75.1 Å². The number of carboxylic acid groups (broad SMARTS) is 1. The third kappa shape index (κ3) is 41.6. The summed E-state index contributed by atoms with van der Waals surface area (Å²) in [5.74, 6) is -0.189. The van der Waals surface area contributed by atoms with Gasteiger partial charge in [0, 0.05) is 218 Å². The molecule has 0 aliphatic carbocycles. The van der Waals surface area contributed by atoms with E-state index in [1.807, 2.05) is 232 Å². The van der Waals surface area contributed by atoms with Gasteiger partial charge in [-0.05, 0) is 127 Å². The molecule has 16 aromatic rings. The van der Waals surface area contributed by atoms with E-state index in [0.717, 1.165) is 92.7 Å². The van der Waals surface area contributed by atoms with E-state index >= 15 is 0 Å². The number of aliphatic carboxylic acids is 1. The molecule has 0 fully saturated rings. The summed E-state index contributed by atoms with van der Waals surface area (Å²) < 4.78 is 45.9. The number of carbonyl (C=O) groups excluding carboxylic acids is 6. The van der Waals surface area contributed by atoms with Crippen molar-refractivity contribution in [3.8, 4) is 113 Å². The Morgan fingerprint density at radius 1 is 0.412 bits per heavy atom. The summed E-state index contributed by atoms with van der Waals surface area (Å²) >= 11 is 6.61. The molecule has 6 aromatic carbocycles. The molecule has 4 amide bonds. The van der Waals surface area contributed by atoms with E-state index in [4.69, 9.17) is 75.0 Å². The number of carbonyl (C=O) groups is 7. The summed E-state index contributed by atoms with van der Waals surface area (Å²) in [5.41, 5.74) is 32.9. The van der Waals surface area contributed by atoms with E-state index in [0.29, 0.717) is 123 Å². The molecule has 148 heavy (non-hydrogen) atoms. The number of carboxylic acids is 1. The number of anilines is 5. The average Bonchev–Trinajstić information content (AvgIpc) is 1.69. The Balaban J connectivity index is 0.000000212. The third-order valence-electron chi connectivity index (χ3n) is 19.9. The summed E-state index contributed by atoms with van der Waals surface area (Å²) in [4.78, 5) is 79.5. The number of benzene rings is 6. The number of ketones is 1. The van der Waals surface area contributed by atoms with Crippen LogP contribution in [0.4, 0.5) is 34.2 Å². The molecule has 0 unspecified atom stereocenters. The molecular weight excluding hydrogens is 2050 g/mol. The molecule has 774 valence electrons. The van der Waals surface area contributed by atoms with Crippen molar-refractivity contribution in [1.29, 1.82) is 10.5 Å². The molecule has 0 bridgehead atoms. The molecule has 0 spiro atoms. The Bertz CT molecular complexity index is 6880. The second-order valence-electron chi connectivity index (χ2n) is 34.4. The van der Waals surface area contributed by atoms with Gasteiger partial charge in [-0.2, -0.15) is 36.0 Å². The molecule has 10 aromatic heterocycles. The second kappa shape index (κ2) is 58.9. The first-order valence-corrected chi connectivity index (χ1v) is 47.4. The van der Waals surface area contributed by atoms with Crippen LogP contribution in [-0.4, -0.2) is 169 Å². The van der Waals surface area contributed by atoms with Crippen molar-refractivity contribution in [1.82, 2.24) is 85.3 Å². The molecule has 0 saturated heterocycles. The Kier molecular flexibility index (Phi) is 46.4. The number of aromatic nitrogens is 15. The Labute approximate surface area is 875 Å². The van der Waals surface area contributed by atoms with Crippen LogP contribution < -0.4 is 49.2 Å². The summed E-state index contributed by atoms with van der Waals surface area (Å²) in [6, 6.07) is 56.7. The first-order chi connectivity index (χ1) is 70.2. The number of hydrogen-bond donors (Lipinski definition) is 11. The summed E-state index contributed by atoms with van der Waals surface area (Å²) in [6.07, 6.45) is 23.4. The summed E-state index contributed by atoms with van der Waals surface area (Å²) in [5, 5.41) is 95.3. The number of hydrogen-bond acceptors (Lipinski definition) is 32. The standard InChI is InChI=1S/C22H27N5O4.C18H18N6O2.C17H19N5O2.C13H12N4O.C10H18O4.C9H7BrN2O.C9H6BrNO.C4H7BN2O2.ClH/c1-22(2,3)30-21(29)23-11-5-6-19(28)25-20-12-18(26-31-20)16-9-7-15(8-10-16)17-13-24-27(4)14-17;1-24-11-15(10-21-24)13-4-6-14(7-5-13)16-9-18(26-23-16)22-17(25)3-2-8-20-12-19;1-22-11-14(10-19-22)12-4-6-13(7-5-12)15-9-17(24-21-15)20-16(23)3-2-8-18;1-17-8-11(7-15-17)9-2-4-10(5-3-9)12-6-13(14)18-16-12;1-10(2,3)14-9(13)7-5-4-6-8(11)12;10-7-3-1-6(2-4-7)8-5-9(11)13-12-8;10-8-3-1-7(2-4-8)9(12)5-6-11;1-7-3-4(2-6-7)5(8)9;/h7-10,12-14H,5-6,11H2,1-4H3,(H,23,29)(H,25,28);4-7,9-11,20H,2-3,8H2,1H3,(H,22,25);4-7,9-11H,2-3,8,18H2,1H3,(H,20,23);2-8H,14H2,1H3;4-7H2,1-3H3,(H,11,12);1-5H,11H2;1-4H,5H2;2-3,8-9H,1H3;1H. The van der Waals surface area contributed by atoms with Gasteiger partial charge in [-0.25, -0.2) is 4.79 Å². The average molecular weight is 2170 g/mol. The van der Waals surface area contributed by atoms with Crippen LogP contribution in [0.3, 0.4) is 0 Å². The van der Waals surface area contributed by atoms with Gasteiger partial charge >= 0.3 is 25.2 Å². The van der Waals surface area contributed by atoms with Crippen LogP contribution in [0, 0.1) is 22.8 Å². The highest BCUT2D eigenvalue weighted by atomic mass is 79.9. The zero-order chi connectivity index (χ0) is 107. The number of rotatable bonds is 31. The van der Waals surface area contributed by atoms with E-state index in [9.17, 15) is 33.6 Å². The van der Waals surface area contributed by atoms with Crippen LogP contribution in [0.1, 0.15) is 123 Å². The maximum Gasteiger partial charge on any atom is 0.491 e. The van der Waals surface area contributed by atoms with E-state index in [2.05, 4.69) is 110 Å². The first-order valence-electron chi connectivity index (χ1n) is 45.8. The second-order valence-corrected chi connectivity index (χ2v) is 36.2. The third-order valence-corrected chi connectivity index (χ3v) is 21.0. The molecule has 0 aliphatic heterocycles. The van der Waals surface area contributed by atoms with Crippen molar-refractivity contribution in [2.75, 3.05) is 47.1 Å². The molecule has 42 nitrogen and oxygen atoms in total. The van der Waals surface area contributed by atoms with Crippen molar-refractivity contribution >= 4 is 128 Å². The minimum Gasteiger partial charge on any atom is -0.481 e. The van der Waals surface area contributed by atoms with E-state index in [1.54, 1.807) is 107 Å². The number of ether oxygens (including phenoxy) is 2. The van der Waals surface area contributed by atoms with Gasteiger partial charge in [0.05, 0.1) is 37.3 Å². The van der Waals surface area contributed by atoms with Crippen LogP contribution in [0.2, 0.25) is 0 Å². The maximum atomic E-state index is 12.1. The molecule has 0 saturated carbocycles. The van der Waals surface area contributed by atoms with Gasteiger partial charge in [-0.15, -0.1) is 12.4 Å². The molecule has 14 N–H and O–H groups in total. The molecule has 0 radical (unpaired) electrons. The lowest BCUT2D eigenvalue weighted by Crippen LogP contribution is -2.33. The monoisotopic (exact) mass is 2170 g/mol. The molecule has 0 atom stereocenters. The fourth-order valence-electron chi connectivity index (χ4n) is 12.8. The number of alkyl carbamates (subject to hydrolysis) is 1. The normalized spacial score (nSPS) is 10.5. The highest BCUT2D eigenvalue weighted by molar-refractivity contribution is 9.10. The fourth-order valence-corrected chi connectivity index (χ4v) is 13.4. The first kappa shape index (κ1) is 117. The number of nitrogens with one attached hydrogen (secondary N) is 5. The van der Waals surface area contributed by atoms with Crippen molar-refractivity contribution in [2.45, 2.75) is 123 Å². The number of halogens is 3. The minimum atomic E-state index is -1.40. The van der Waals surface area contributed by atoms with Crippen molar-refractivity contribution in [3.63, 3.8) is 0 Å². The largest absolute Gasteiger partial charge is 0.491 e. The van der Waals surface area contributed by atoms with Crippen LogP contribution in [0.25, 0.3) is 101 Å². The summed E-state index contributed by atoms with van der Waals surface area (Å²) in [6.45, 7) is 12.1. The van der Waals surface area contributed by atoms with Crippen molar-refractivity contribution in [3.05, 3.63) is 252 Å². The number of unbranched alkanes of at least 4 members (excludes halogenated alkanes) is 1. The van der Waals surface area contributed by atoms with E-state index in [1.165, 1.54) is 10.9 Å². The topological polar surface area (TPSA) is 604 Å². The van der Waals surface area contributed by atoms with E-state index < -0.39 is 30.4 Å². The van der Waals surface area contributed by atoms with Crippen LogP contribution in [0.5, 0.6) is 0 Å². The highest BCUT2D eigenvalue weighted by Gasteiger charge is 2.21. The zero-order valence-electron chi connectivity index (χ0n) is 83.0. The quantitative estimate of drug-likeness (QED) is 0.00480. The van der Waals surface area contributed by atoms with Gasteiger partial charge in [0.2, 0.25) is 47.1 Å². The van der Waals surface area contributed by atoms with Crippen LogP contribution in [0.15, 0.2) is 269 Å². The molecule has 46 heteroatoms. The lowest BCUT2D eigenvalue weighted by molar-refractivity contribution is -0.155. The SMILES string of the molecule is CC(C)(C)OC(=O)CCCCC(=O)O.Cl.Cn1cc(-c2ccc(-c3cc(N)on3)cc2)cn1.Cn1cc(-c2ccc(-c3cc(NC(=O)CCCN)on3)cc2)cn1.Cn1cc(-c2ccc(-c3cc(NC(=O)CCCNC#N)on3)cc2)cn1.Cn1cc(-c2ccc(-c3cc(NC(=O)CCCNC(=O)OC(C)(C)C)on3)cc2)cn1.Cn1cc(B(O)O)cn1.N#CCC(=O)c1ccc(Br)cc1.Nc1cc(-c2ccc(Br)cc2)no1. The number of amides is 4. The van der Waals surface area contributed by atoms with Crippen LogP contribution in [-0.2, 0) is 68.7 Å². The smallest absolute Gasteiger partial charge is 0.481 e.